The quantitative estimate of drug-likeness (QED) is 0.789. The van der Waals surface area contributed by atoms with Gasteiger partial charge in [-0.1, -0.05) is 24.3 Å². The molecule has 0 aliphatic heterocycles. The van der Waals surface area contributed by atoms with E-state index in [1.54, 1.807) is 43.3 Å². The summed E-state index contributed by atoms with van der Waals surface area (Å²) in [6.45, 7) is 2.78. The maximum Gasteiger partial charge on any atom is 0.260 e. The summed E-state index contributed by atoms with van der Waals surface area (Å²) in [5.41, 5.74) is 1.52. The Morgan fingerprint density at radius 3 is 2.19 bits per heavy atom. The third kappa shape index (κ3) is 5.24. The van der Waals surface area contributed by atoms with Gasteiger partial charge in [0, 0.05) is 26.2 Å². The van der Waals surface area contributed by atoms with Crippen LogP contribution in [0.5, 0.6) is 11.5 Å². The maximum atomic E-state index is 12.3. The molecule has 0 radical (unpaired) electrons. The highest BCUT2D eigenvalue weighted by molar-refractivity contribution is 5.93. The molecule has 138 valence electrons. The van der Waals surface area contributed by atoms with Gasteiger partial charge < -0.3 is 19.7 Å². The van der Waals surface area contributed by atoms with Crippen molar-refractivity contribution in [2.45, 2.75) is 13.5 Å². The molecule has 2 aromatic rings. The van der Waals surface area contributed by atoms with Crippen molar-refractivity contribution in [3.8, 4) is 11.5 Å². The summed E-state index contributed by atoms with van der Waals surface area (Å²) < 4.78 is 11.1. The topological polar surface area (TPSA) is 67.9 Å². The normalized spacial score (nSPS) is 10.1. The van der Waals surface area contributed by atoms with Crippen LogP contribution in [0.25, 0.3) is 0 Å². The molecule has 0 aliphatic rings. The van der Waals surface area contributed by atoms with Crippen molar-refractivity contribution in [3.05, 3.63) is 59.7 Å². The Labute approximate surface area is 153 Å². The van der Waals surface area contributed by atoms with Gasteiger partial charge in [0.1, 0.15) is 0 Å². The summed E-state index contributed by atoms with van der Waals surface area (Å²) in [7, 11) is 3.30. The molecule has 0 atom stereocenters. The molecule has 2 aromatic carbocycles. The van der Waals surface area contributed by atoms with Crippen molar-refractivity contribution in [1.29, 1.82) is 0 Å². The minimum absolute atomic E-state index is 0.0725. The number of para-hydroxylation sites is 2. The van der Waals surface area contributed by atoms with E-state index < -0.39 is 0 Å². The van der Waals surface area contributed by atoms with Gasteiger partial charge >= 0.3 is 0 Å². The Balaban J connectivity index is 1.90. The molecule has 0 aromatic heterocycles. The van der Waals surface area contributed by atoms with Gasteiger partial charge in [0.05, 0.1) is 6.61 Å². The second kappa shape index (κ2) is 9.46. The van der Waals surface area contributed by atoms with Gasteiger partial charge in [0.25, 0.3) is 11.8 Å². The van der Waals surface area contributed by atoms with Crippen LogP contribution in [-0.2, 0) is 11.3 Å². The van der Waals surface area contributed by atoms with Gasteiger partial charge in [-0.05, 0) is 36.8 Å². The molecule has 26 heavy (non-hydrogen) atoms. The average Bonchev–Trinajstić information content (AvgIpc) is 2.67. The summed E-state index contributed by atoms with van der Waals surface area (Å²) in [6, 6.07) is 14.4. The molecule has 2 rings (SSSR count). The number of carbonyl (C=O) groups excluding carboxylic acids is 2. The van der Waals surface area contributed by atoms with Crippen LogP contribution < -0.4 is 14.8 Å². The van der Waals surface area contributed by atoms with Gasteiger partial charge in [0.2, 0.25) is 0 Å². The number of nitrogens with one attached hydrogen (secondary N) is 1. The standard InChI is InChI=1S/C20H24N2O4/c1-4-25-17-7-5-6-8-18(17)26-14-19(23)22(3)13-15-9-11-16(12-10-15)20(24)21-2/h5-12H,4,13-14H2,1-3H3,(H,21,24). The SMILES string of the molecule is CCOc1ccccc1OCC(=O)N(C)Cc1ccc(C(=O)NC)cc1. The molecule has 1 N–H and O–H groups in total. The van der Waals surface area contributed by atoms with Gasteiger partial charge in [-0.15, -0.1) is 0 Å². The molecule has 6 nitrogen and oxygen atoms in total. The number of rotatable bonds is 8. The summed E-state index contributed by atoms with van der Waals surface area (Å²) in [5.74, 6) is 0.885. The first kappa shape index (κ1) is 19.3. The van der Waals surface area contributed by atoms with Gasteiger partial charge in [0.15, 0.2) is 18.1 Å². The first-order valence-electron chi connectivity index (χ1n) is 8.44. The van der Waals surface area contributed by atoms with E-state index in [0.717, 1.165) is 5.56 Å². The van der Waals surface area contributed by atoms with Gasteiger partial charge in [-0.25, -0.2) is 0 Å². The summed E-state index contributed by atoms with van der Waals surface area (Å²) >= 11 is 0. The minimum atomic E-state index is -0.147. The van der Waals surface area contributed by atoms with Crippen molar-refractivity contribution >= 4 is 11.8 Å². The smallest absolute Gasteiger partial charge is 0.260 e. The largest absolute Gasteiger partial charge is 0.490 e. The molecule has 0 saturated carbocycles. The Morgan fingerprint density at radius 2 is 1.62 bits per heavy atom. The zero-order valence-corrected chi connectivity index (χ0v) is 15.3. The predicted octanol–water partition coefficient (Wildman–Crippen LogP) is 2.48. The Bertz CT molecular complexity index is 744. The molecule has 0 spiro atoms. The Morgan fingerprint density at radius 1 is 1.00 bits per heavy atom. The average molecular weight is 356 g/mol. The van der Waals surface area contributed by atoms with Crippen LogP contribution in [0, 0.1) is 0 Å². The zero-order chi connectivity index (χ0) is 18.9. The van der Waals surface area contributed by atoms with Gasteiger partial charge in [-0.3, -0.25) is 9.59 Å². The Hall–Kier alpha value is -3.02. The lowest BCUT2D eigenvalue weighted by molar-refractivity contribution is -0.132. The highest BCUT2D eigenvalue weighted by Gasteiger charge is 2.12. The fourth-order valence-electron chi connectivity index (χ4n) is 2.36. The number of hydrogen-bond acceptors (Lipinski definition) is 4. The Kier molecular flexibility index (Phi) is 7.02. The number of likely N-dealkylation sites (N-methyl/N-ethyl adjacent to an activating group) is 1. The van der Waals surface area contributed by atoms with E-state index in [2.05, 4.69) is 5.32 Å². The van der Waals surface area contributed by atoms with E-state index in [4.69, 9.17) is 9.47 Å². The van der Waals surface area contributed by atoms with E-state index >= 15 is 0 Å². The van der Waals surface area contributed by atoms with Crippen LogP contribution in [0.4, 0.5) is 0 Å². The third-order valence-corrected chi connectivity index (χ3v) is 3.79. The number of amides is 2. The molecule has 2 amide bonds. The van der Waals surface area contributed by atoms with Crippen LogP contribution in [0.3, 0.4) is 0 Å². The number of ether oxygens (including phenoxy) is 2. The van der Waals surface area contributed by atoms with Crippen LogP contribution in [0.15, 0.2) is 48.5 Å². The fourth-order valence-corrected chi connectivity index (χ4v) is 2.36. The molecular formula is C20H24N2O4. The molecule has 0 fully saturated rings. The minimum Gasteiger partial charge on any atom is -0.490 e. The van der Waals surface area contributed by atoms with Crippen molar-refractivity contribution in [2.75, 3.05) is 27.3 Å². The molecule has 0 unspecified atom stereocenters. The van der Waals surface area contributed by atoms with Crippen LogP contribution >= 0.6 is 0 Å². The number of carbonyl (C=O) groups is 2. The van der Waals surface area contributed by atoms with Crippen molar-refractivity contribution in [3.63, 3.8) is 0 Å². The molecule has 6 heteroatoms. The van der Waals surface area contributed by atoms with E-state index in [-0.39, 0.29) is 18.4 Å². The summed E-state index contributed by atoms with van der Waals surface area (Å²) in [6.07, 6.45) is 0. The van der Waals surface area contributed by atoms with E-state index in [1.807, 2.05) is 31.2 Å². The molecule has 0 bridgehead atoms. The number of benzene rings is 2. The van der Waals surface area contributed by atoms with Crippen LogP contribution in [-0.4, -0.2) is 44.0 Å². The predicted molar refractivity (Wildman–Crippen MR) is 99.4 cm³/mol. The van der Waals surface area contributed by atoms with E-state index in [1.165, 1.54) is 0 Å². The summed E-state index contributed by atoms with van der Waals surface area (Å²) in [4.78, 5) is 25.4. The van der Waals surface area contributed by atoms with E-state index in [0.29, 0.717) is 30.2 Å². The lowest BCUT2D eigenvalue weighted by Gasteiger charge is -2.18. The third-order valence-electron chi connectivity index (χ3n) is 3.79. The number of hydrogen-bond donors (Lipinski definition) is 1. The second-order valence-corrected chi connectivity index (χ2v) is 5.69. The first-order valence-corrected chi connectivity index (χ1v) is 8.44. The van der Waals surface area contributed by atoms with Crippen molar-refractivity contribution in [1.82, 2.24) is 10.2 Å². The molecule has 0 heterocycles. The monoisotopic (exact) mass is 356 g/mol. The zero-order valence-electron chi connectivity index (χ0n) is 15.3. The van der Waals surface area contributed by atoms with Crippen LogP contribution in [0.1, 0.15) is 22.8 Å². The highest BCUT2D eigenvalue weighted by atomic mass is 16.5. The second-order valence-electron chi connectivity index (χ2n) is 5.69. The summed E-state index contributed by atoms with van der Waals surface area (Å²) in [5, 5.41) is 2.58. The molecule has 0 aliphatic carbocycles. The highest BCUT2D eigenvalue weighted by Crippen LogP contribution is 2.26. The van der Waals surface area contributed by atoms with E-state index in [9.17, 15) is 9.59 Å². The van der Waals surface area contributed by atoms with Crippen molar-refractivity contribution < 1.29 is 19.1 Å². The number of nitrogens with zero attached hydrogens (tertiary/aromatic N) is 1. The van der Waals surface area contributed by atoms with Crippen LogP contribution in [0.2, 0.25) is 0 Å². The maximum absolute atomic E-state index is 12.3. The fraction of sp³-hybridized carbons (Fsp3) is 0.300. The molecule has 0 saturated heterocycles. The lowest BCUT2D eigenvalue weighted by atomic mass is 10.1. The molecular weight excluding hydrogens is 332 g/mol. The van der Waals surface area contributed by atoms with Gasteiger partial charge in [-0.2, -0.15) is 0 Å². The lowest BCUT2D eigenvalue weighted by Crippen LogP contribution is -2.31. The van der Waals surface area contributed by atoms with Crippen molar-refractivity contribution in [2.24, 2.45) is 0 Å². The first-order chi connectivity index (χ1) is 12.5.